The summed E-state index contributed by atoms with van der Waals surface area (Å²) in [7, 11) is 3.12. The molecule has 2 aromatic rings. The van der Waals surface area contributed by atoms with Crippen LogP contribution in [0.25, 0.3) is 0 Å². The minimum Gasteiger partial charge on any atom is -0.495 e. The number of rotatable bonds is 4. The van der Waals surface area contributed by atoms with Crippen molar-refractivity contribution in [3.8, 4) is 11.5 Å². The number of benzene rings is 1. The van der Waals surface area contributed by atoms with E-state index in [-0.39, 0.29) is 0 Å². The average Bonchev–Trinajstić information content (AvgIpc) is 2.85. The van der Waals surface area contributed by atoms with Gasteiger partial charge in [0, 0.05) is 10.6 Å². The van der Waals surface area contributed by atoms with Crippen molar-refractivity contribution in [2.45, 2.75) is 6.10 Å². The molecule has 0 fully saturated rings. The van der Waals surface area contributed by atoms with E-state index in [0.29, 0.717) is 26.6 Å². The summed E-state index contributed by atoms with van der Waals surface area (Å²) in [5, 5.41) is 12.9. The molecule has 0 saturated carbocycles. The van der Waals surface area contributed by atoms with E-state index in [4.69, 9.17) is 21.1 Å². The molecule has 0 aliphatic carbocycles. The van der Waals surface area contributed by atoms with Gasteiger partial charge in [-0.15, -0.1) is 11.3 Å². The quantitative estimate of drug-likeness (QED) is 0.882. The number of ether oxygens (including phenoxy) is 2. The van der Waals surface area contributed by atoms with Gasteiger partial charge in [-0.3, -0.25) is 0 Å². The molecule has 1 atom stereocenters. The molecule has 3 nitrogen and oxygen atoms in total. The van der Waals surface area contributed by atoms with Crippen LogP contribution < -0.4 is 9.47 Å². The molecule has 1 N–H and O–H groups in total. The maximum absolute atomic E-state index is 10.5. The molecule has 1 unspecified atom stereocenters. The van der Waals surface area contributed by atoms with Crippen LogP contribution in [0.4, 0.5) is 0 Å². The van der Waals surface area contributed by atoms with Gasteiger partial charge in [0.25, 0.3) is 0 Å². The zero-order valence-electron chi connectivity index (χ0n) is 10.3. The number of methoxy groups -OCH3 is 2. The van der Waals surface area contributed by atoms with Crippen LogP contribution in [0.3, 0.4) is 0 Å². The molecule has 0 spiro atoms. The summed E-state index contributed by atoms with van der Waals surface area (Å²) in [5.41, 5.74) is 0.600. The Balaban J connectivity index is 2.52. The Bertz CT molecular complexity index is 585. The first-order chi connectivity index (χ1) is 9.08. The number of aliphatic hydroxyl groups excluding tert-OH is 1. The van der Waals surface area contributed by atoms with Gasteiger partial charge in [0.15, 0.2) is 0 Å². The van der Waals surface area contributed by atoms with Gasteiger partial charge in [-0.2, -0.15) is 0 Å². The average molecular weight is 364 g/mol. The maximum Gasteiger partial charge on any atom is 0.139 e. The summed E-state index contributed by atoms with van der Waals surface area (Å²) in [6.07, 6.45) is -0.847. The van der Waals surface area contributed by atoms with Crippen LogP contribution in [0.1, 0.15) is 16.5 Å². The van der Waals surface area contributed by atoms with Crippen molar-refractivity contribution in [2.75, 3.05) is 14.2 Å². The van der Waals surface area contributed by atoms with Gasteiger partial charge in [0.1, 0.15) is 17.6 Å². The molecular formula is C13H12BrClO3S. The first kappa shape index (κ1) is 14.7. The fourth-order valence-electron chi connectivity index (χ4n) is 1.82. The number of thiophene rings is 1. The molecule has 0 saturated heterocycles. The highest BCUT2D eigenvalue weighted by Gasteiger charge is 2.22. The van der Waals surface area contributed by atoms with Gasteiger partial charge < -0.3 is 14.6 Å². The standard InChI is InChI=1S/C13H12BrClO3S/c1-17-10-3-4-19-13(10)11(16)8-5-7(15)6-9(14)12(8)18-2/h3-6,11,16H,1-2H3. The Morgan fingerprint density at radius 3 is 2.68 bits per heavy atom. The van der Waals surface area contributed by atoms with Crippen molar-refractivity contribution in [2.24, 2.45) is 0 Å². The molecule has 0 aliphatic rings. The minimum atomic E-state index is -0.847. The zero-order chi connectivity index (χ0) is 14.0. The smallest absolute Gasteiger partial charge is 0.139 e. The van der Waals surface area contributed by atoms with E-state index in [1.54, 1.807) is 26.4 Å². The largest absolute Gasteiger partial charge is 0.495 e. The molecule has 2 rings (SSSR count). The third-order valence-corrected chi connectivity index (χ3v) is 4.42. The monoisotopic (exact) mass is 362 g/mol. The molecule has 1 aromatic carbocycles. The van der Waals surface area contributed by atoms with Crippen LogP contribution in [0.5, 0.6) is 11.5 Å². The summed E-state index contributed by atoms with van der Waals surface area (Å²) < 4.78 is 11.2. The topological polar surface area (TPSA) is 38.7 Å². The van der Waals surface area contributed by atoms with Crippen molar-refractivity contribution in [1.82, 2.24) is 0 Å². The van der Waals surface area contributed by atoms with E-state index in [1.807, 2.05) is 11.4 Å². The molecule has 1 aromatic heterocycles. The molecule has 0 amide bonds. The van der Waals surface area contributed by atoms with E-state index in [1.165, 1.54) is 11.3 Å². The highest BCUT2D eigenvalue weighted by molar-refractivity contribution is 9.10. The van der Waals surface area contributed by atoms with E-state index in [0.717, 1.165) is 4.88 Å². The summed E-state index contributed by atoms with van der Waals surface area (Å²) in [6.45, 7) is 0. The van der Waals surface area contributed by atoms with E-state index >= 15 is 0 Å². The zero-order valence-corrected chi connectivity index (χ0v) is 13.5. The van der Waals surface area contributed by atoms with Gasteiger partial charge in [-0.05, 0) is 39.5 Å². The van der Waals surface area contributed by atoms with E-state index in [2.05, 4.69) is 15.9 Å². The van der Waals surface area contributed by atoms with Gasteiger partial charge >= 0.3 is 0 Å². The normalized spacial score (nSPS) is 12.3. The maximum atomic E-state index is 10.5. The molecule has 102 valence electrons. The second kappa shape index (κ2) is 6.13. The predicted octanol–water partition coefficient (Wildman–Crippen LogP) is 4.26. The van der Waals surface area contributed by atoms with E-state index < -0.39 is 6.10 Å². The van der Waals surface area contributed by atoms with Crippen LogP contribution in [-0.4, -0.2) is 19.3 Å². The molecule has 19 heavy (non-hydrogen) atoms. The van der Waals surface area contributed by atoms with Crippen LogP contribution in [0.15, 0.2) is 28.1 Å². The summed E-state index contributed by atoms with van der Waals surface area (Å²) in [5.74, 6) is 1.21. The van der Waals surface area contributed by atoms with E-state index in [9.17, 15) is 5.11 Å². The third kappa shape index (κ3) is 2.89. The second-order valence-corrected chi connectivity index (χ2v) is 6.00. The molecule has 1 heterocycles. The third-order valence-electron chi connectivity index (χ3n) is 2.66. The first-order valence-electron chi connectivity index (χ1n) is 5.40. The van der Waals surface area contributed by atoms with Crippen molar-refractivity contribution >= 4 is 38.9 Å². The lowest BCUT2D eigenvalue weighted by atomic mass is 10.1. The fourth-order valence-corrected chi connectivity index (χ4v) is 3.67. The van der Waals surface area contributed by atoms with Crippen LogP contribution in [-0.2, 0) is 0 Å². The van der Waals surface area contributed by atoms with Crippen LogP contribution >= 0.6 is 38.9 Å². The Kier molecular flexibility index (Phi) is 4.73. The summed E-state index contributed by atoms with van der Waals surface area (Å²) >= 11 is 10.8. The highest BCUT2D eigenvalue weighted by Crippen LogP contribution is 2.42. The lowest BCUT2D eigenvalue weighted by molar-refractivity contribution is 0.213. The Morgan fingerprint density at radius 2 is 2.05 bits per heavy atom. The highest BCUT2D eigenvalue weighted by atomic mass is 79.9. The van der Waals surface area contributed by atoms with Gasteiger partial charge in [0.05, 0.1) is 23.6 Å². The fraction of sp³-hybridized carbons (Fsp3) is 0.231. The number of halogens is 2. The van der Waals surface area contributed by atoms with Crippen molar-refractivity contribution in [3.63, 3.8) is 0 Å². The van der Waals surface area contributed by atoms with Gasteiger partial charge in [-0.1, -0.05) is 11.6 Å². The Morgan fingerprint density at radius 1 is 1.32 bits per heavy atom. The molecule has 0 bridgehead atoms. The SMILES string of the molecule is COc1ccsc1C(O)c1cc(Cl)cc(Br)c1OC. The van der Waals surface area contributed by atoms with Crippen molar-refractivity contribution in [1.29, 1.82) is 0 Å². The lowest BCUT2D eigenvalue weighted by Gasteiger charge is -2.16. The van der Waals surface area contributed by atoms with Crippen molar-refractivity contribution < 1.29 is 14.6 Å². The first-order valence-corrected chi connectivity index (χ1v) is 7.46. The molecular weight excluding hydrogens is 352 g/mol. The number of hydrogen-bond acceptors (Lipinski definition) is 4. The number of hydrogen-bond donors (Lipinski definition) is 1. The van der Waals surface area contributed by atoms with Gasteiger partial charge in [0.2, 0.25) is 0 Å². The molecule has 0 aliphatic heterocycles. The van der Waals surface area contributed by atoms with Gasteiger partial charge in [-0.25, -0.2) is 0 Å². The predicted molar refractivity (Wildman–Crippen MR) is 80.6 cm³/mol. The second-order valence-electron chi connectivity index (χ2n) is 3.77. The minimum absolute atomic E-state index is 0.525. The molecule has 6 heteroatoms. The lowest BCUT2D eigenvalue weighted by Crippen LogP contribution is -2.03. The van der Waals surface area contributed by atoms with Crippen LogP contribution in [0.2, 0.25) is 5.02 Å². The number of aliphatic hydroxyl groups is 1. The van der Waals surface area contributed by atoms with Crippen molar-refractivity contribution in [3.05, 3.63) is 43.5 Å². The Hall–Kier alpha value is -0.750. The summed E-state index contributed by atoms with van der Waals surface area (Å²) in [6, 6.07) is 5.23. The van der Waals surface area contributed by atoms with Crippen LogP contribution in [0, 0.1) is 0 Å². The molecule has 0 radical (unpaired) electrons. The Labute approximate surface area is 128 Å². The summed E-state index contributed by atoms with van der Waals surface area (Å²) in [4.78, 5) is 0.718.